The van der Waals surface area contributed by atoms with Crippen LogP contribution in [0.1, 0.15) is 9.67 Å². The van der Waals surface area contributed by atoms with Crippen molar-refractivity contribution in [3.05, 3.63) is 74.2 Å². The lowest BCUT2D eigenvalue weighted by Crippen LogP contribution is -2.15. The molecule has 3 heterocycles. The van der Waals surface area contributed by atoms with E-state index in [2.05, 4.69) is 0 Å². The van der Waals surface area contributed by atoms with Crippen LogP contribution in [0.2, 0.25) is 5.02 Å². The SMILES string of the molecule is O=C(Oc1c(-c2ccco2)oc2ccc(Cl)cc2c1=O)c1cccs1. The van der Waals surface area contributed by atoms with Crippen LogP contribution in [0.15, 0.2) is 67.7 Å². The predicted molar refractivity (Wildman–Crippen MR) is 94.5 cm³/mol. The zero-order valence-electron chi connectivity index (χ0n) is 12.5. The number of carbonyl (C=O) groups is 1. The molecule has 0 aliphatic heterocycles. The highest BCUT2D eigenvalue weighted by atomic mass is 35.5. The molecule has 7 heteroatoms. The molecule has 0 spiro atoms. The second-order valence-electron chi connectivity index (χ2n) is 5.07. The van der Waals surface area contributed by atoms with Gasteiger partial charge in [-0.05, 0) is 41.8 Å². The largest absolute Gasteiger partial charge is 0.461 e. The Labute approximate surface area is 150 Å². The third-order valence-corrected chi connectivity index (χ3v) is 4.56. The maximum absolute atomic E-state index is 12.9. The second kappa shape index (κ2) is 6.23. The number of halogens is 1. The number of esters is 1. The molecule has 0 aliphatic rings. The summed E-state index contributed by atoms with van der Waals surface area (Å²) in [5.74, 6) is -0.544. The average Bonchev–Trinajstić information content (AvgIpc) is 3.31. The summed E-state index contributed by atoms with van der Waals surface area (Å²) >= 11 is 7.18. The molecule has 0 N–H and O–H groups in total. The fourth-order valence-corrected chi connectivity index (χ4v) is 3.12. The Hall–Kier alpha value is -2.83. The number of benzene rings is 1. The molecule has 25 heavy (non-hydrogen) atoms. The van der Waals surface area contributed by atoms with Gasteiger partial charge in [0, 0.05) is 5.02 Å². The van der Waals surface area contributed by atoms with Gasteiger partial charge in [-0.25, -0.2) is 4.79 Å². The van der Waals surface area contributed by atoms with Crippen molar-refractivity contribution in [2.75, 3.05) is 0 Å². The zero-order chi connectivity index (χ0) is 17.4. The molecular weight excluding hydrogens is 364 g/mol. The lowest BCUT2D eigenvalue weighted by Gasteiger charge is -2.08. The summed E-state index contributed by atoms with van der Waals surface area (Å²) in [5, 5.41) is 2.34. The summed E-state index contributed by atoms with van der Waals surface area (Å²) < 4.78 is 16.4. The normalized spacial score (nSPS) is 10.9. The maximum atomic E-state index is 12.9. The number of hydrogen-bond donors (Lipinski definition) is 0. The van der Waals surface area contributed by atoms with Gasteiger partial charge in [-0.2, -0.15) is 0 Å². The van der Waals surface area contributed by atoms with E-state index in [-0.39, 0.29) is 22.7 Å². The molecule has 3 aromatic heterocycles. The van der Waals surface area contributed by atoms with Gasteiger partial charge in [-0.15, -0.1) is 11.3 Å². The molecule has 0 radical (unpaired) electrons. The number of rotatable bonds is 3. The lowest BCUT2D eigenvalue weighted by molar-refractivity contribution is 0.0736. The number of fused-ring (bicyclic) bond motifs is 1. The summed E-state index contributed by atoms with van der Waals surface area (Å²) in [6.45, 7) is 0. The Balaban J connectivity index is 1.93. The summed E-state index contributed by atoms with van der Waals surface area (Å²) in [6, 6.07) is 11.2. The van der Waals surface area contributed by atoms with E-state index < -0.39 is 11.4 Å². The molecule has 5 nitrogen and oxygen atoms in total. The maximum Gasteiger partial charge on any atom is 0.353 e. The van der Waals surface area contributed by atoms with E-state index in [1.807, 2.05) is 0 Å². The molecular formula is C18H9ClO5S. The number of furan rings is 1. The highest BCUT2D eigenvalue weighted by molar-refractivity contribution is 7.12. The Kier molecular flexibility index (Phi) is 3.91. The van der Waals surface area contributed by atoms with E-state index in [4.69, 9.17) is 25.2 Å². The van der Waals surface area contributed by atoms with Crippen molar-refractivity contribution in [2.45, 2.75) is 0 Å². The molecule has 0 saturated carbocycles. The standard InChI is InChI=1S/C18H9ClO5S/c19-10-5-6-12-11(9-10)15(20)17(16(23-12)13-3-1-7-22-13)24-18(21)14-4-2-8-25-14/h1-9H. The fraction of sp³-hybridized carbons (Fsp3) is 0. The summed E-state index contributed by atoms with van der Waals surface area (Å²) in [6.07, 6.45) is 1.44. The van der Waals surface area contributed by atoms with Crippen molar-refractivity contribution in [1.29, 1.82) is 0 Å². The molecule has 0 aliphatic carbocycles. The van der Waals surface area contributed by atoms with E-state index in [1.54, 1.807) is 41.8 Å². The number of ether oxygens (including phenoxy) is 1. The Morgan fingerprint density at radius 3 is 2.76 bits per heavy atom. The second-order valence-corrected chi connectivity index (χ2v) is 6.46. The molecule has 4 aromatic rings. The van der Waals surface area contributed by atoms with Crippen LogP contribution >= 0.6 is 22.9 Å². The highest BCUT2D eigenvalue weighted by Crippen LogP contribution is 2.32. The Morgan fingerprint density at radius 1 is 1.16 bits per heavy atom. The first-order valence-corrected chi connectivity index (χ1v) is 8.45. The molecule has 0 atom stereocenters. The van der Waals surface area contributed by atoms with Gasteiger partial charge in [0.15, 0.2) is 5.76 Å². The van der Waals surface area contributed by atoms with E-state index >= 15 is 0 Å². The molecule has 0 amide bonds. The van der Waals surface area contributed by atoms with E-state index in [1.165, 1.54) is 23.7 Å². The molecule has 0 fully saturated rings. The van der Waals surface area contributed by atoms with Crippen LogP contribution < -0.4 is 10.2 Å². The van der Waals surface area contributed by atoms with Crippen LogP contribution in [0.4, 0.5) is 0 Å². The van der Waals surface area contributed by atoms with Crippen LogP contribution in [0.5, 0.6) is 5.75 Å². The topological polar surface area (TPSA) is 69.7 Å². The predicted octanol–water partition coefficient (Wildman–Crippen LogP) is 4.99. The van der Waals surface area contributed by atoms with Gasteiger partial charge < -0.3 is 13.6 Å². The first-order valence-electron chi connectivity index (χ1n) is 7.19. The van der Waals surface area contributed by atoms with Gasteiger partial charge in [0.2, 0.25) is 16.9 Å². The third kappa shape index (κ3) is 2.86. The van der Waals surface area contributed by atoms with Gasteiger partial charge in [0.1, 0.15) is 10.5 Å². The molecule has 0 saturated heterocycles. The minimum atomic E-state index is -0.642. The van der Waals surface area contributed by atoms with Crippen molar-refractivity contribution in [1.82, 2.24) is 0 Å². The Morgan fingerprint density at radius 2 is 2.04 bits per heavy atom. The van der Waals surface area contributed by atoms with E-state index in [0.29, 0.717) is 15.5 Å². The van der Waals surface area contributed by atoms with E-state index in [0.717, 1.165) is 0 Å². The molecule has 1 aromatic carbocycles. The molecule has 0 unspecified atom stereocenters. The number of thiophene rings is 1. The minimum Gasteiger partial charge on any atom is -0.461 e. The van der Waals surface area contributed by atoms with Crippen molar-refractivity contribution in [2.24, 2.45) is 0 Å². The molecule has 4 rings (SSSR count). The first-order chi connectivity index (χ1) is 12.1. The number of carbonyl (C=O) groups excluding carboxylic acids is 1. The zero-order valence-corrected chi connectivity index (χ0v) is 14.1. The summed E-state index contributed by atoms with van der Waals surface area (Å²) in [7, 11) is 0. The minimum absolute atomic E-state index is 0.0507. The van der Waals surface area contributed by atoms with Crippen molar-refractivity contribution >= 4 is 39.9 Å². The fourth-order valence-electron chi connectivity index (χ4n) is 2.35. The van der Waals surface area contributed by atoms with Crippen LogP contribution in [-0.2, 0) is 0 Å². The quantitative estimate of drug-likeness (QED) is 0.474. The number of hydrogen-bond acceptors (Lipinski definition) is 6. The van der Waals surface area contributed by atoms with Gasteiger partial charge in [0.25, 0.3) is 0 Å². The third-order valence-electron chi connectivity index (χ3n) is 3.47. The van der Waals surface area contributed by atoms with Crippen molar-refractivity contribution in [3.63, 3.8) is 0 Å². The highest BCUT2D eigenvalue weighted by Gasteiger charge is 2.23. The first kappa shape index (κ1) is 15.7. The van der Waals surface area contributed by atoms with Gasteiger partial charge in [-0.1, -0.05) is 17.7 Å². The van der Waals surface area contributed by atoms with Gasteiger partial charge in [-0.3, -0.25) is 4.79 Å². The van der Waals surface area contributed by atoms with Crippen LogP contribution in [-0.4, -0.2) is 5.97 Å². The van der Waals surface area contributed by atoms with Crippen LogP contribution in [0, 0.1) is 0 Å². The van der Waals surface area contributed by atoms with E-state index in [9.17, 15) is 9.59 Å². The van der Waals surface area contributed by atoms with Crippen molar-refractivity contribution < 1.29 is 18.4 Å². The molecule has 124 valence electrons. The Bertz CT molecular complexity index is 1110. The monoisotopic (exact) mass is 372 g/mol. The lowest BCUT2D eigenvalue weighted by atomic mass is 10.2. The molecule has 0 bridgehead atoms. The smallest absolute Gasteiger partial charge is 0.353 e. The van der Waals surface area contributed by atoms with Crippen molar-refractivity contribution in [3.8, 4) is 17.3 Å². The van der Waals surface area contributed by atoms with Gasteiger partial charge in [0.05, 0.1) is 11.6 Å². The average molecular weight is 373 g/mol. The van der Waals surface area contributed by atoms with Gasteiger partial charge >= 0.3 is 5.97 Å². The summed E-state index contributed by atoms with van der Waals surface area (Å²) in [4.78, 5) is 25.5. The summed E-state index contributed by atoms with van der Waals surface area (Å²) in [5.41, 5.74) is -0.184. The van der Waals surface area contributed by atoms with Crippen LogP contribution in [0.3, 0.4) is 0 Å². The van der Waals surface area contributed by atoms with Crippen LogP contribution in [0.25, 0.3) is 22.5 Å².